The van der Waals surface area contributed by atoms with Crippen LogP contribution in [0.4, 0.5) is 0 Å². The molecule has 4 rings (SSSR count). The van der Waals surface area contributed by atoms with Gasteiger partial charge in [-0.2, -0.15) is 0 Å². The van der Waals surface area contributed by atoms with Gasteiger partial charge < -0.3 is 9.40 Å². The van der Waals surface area contributed by atoms with Gasteiger partial charge in [0.2, 0.25) is 0 Å². The summed E-state index contributed by atoms with van der Waals surface area (Å²) in [7, 11) is 0. The second-order valence-electron chi connectivity index (χ2n) is 5.50. The molecule has 0 saturated carbocycles. The van der Waals surface area contributed by atoms with Gasteiger partial charge >= 0.3 is 0 Å². The number of hydrogen-bond donors (Lipinski definition) is 1. The summed E-state index contributed by atoms with van der Waals surface area (Å²) in [5.41, 5.74) is 4.80. The third-order valence-corrected chi connectivity index (χ3v) is 3.89. The van der Waals surface area contributed by atoms with Crippen molar-refractivity contribution in [3.05, 3.63) is 64.1 Å². The van der Waals surface area contributed by atoms with Crippen molar-refractivity contribution >= 4 is 22.0 Å². The number of aromatic nitrogens is 2. The van der Waals surface area contributed by atoms with E-state index >= 15 is 0 Å². The summed E-state index contributed by atoms with van der Waals surface area (Å²) >= 11 is 0. The van der Waals surface area contributed by atoms with Gasteiger partial charge in [-0.25, -0.2) is 4.98 Å². The Kier molecular flexibility index (Phi) is 2.66. The number of benzene rings is 1. The lowest BCUT2D eigenvalue weighted by Gasteiger charge is -2.06. The maximum Gasteiger partial charge on any atom is 0.191 e. The van der Waals surface area contributed by atoms with Crippen molar-refractivity contribution in [1.82, 2.24) is 9.97 Å². The third-order valence-electron chi connectivity index (χ3n) is 3.89. The van der Waals surface area contributed by atoms with Gasteiger partial charge in [0.25, 0.3) is 0 Å². The van der Waals surface area contributed by atoms with Crippen LogP contribution in [-0.2, 0) is 0 Å². The summed E-state index contributed by atoms with van der Waals surface area (Å²) in [5, 5.41) is 1.61. The largest absolute Gasteiger partial charge is 0.464 e. The minimum atomic E-state index is -0.0287. The fraction of sp³-hybridized carbons (Fsp3) is 0.111. The van der Waals surface area contributed by atoms with Crippen LogP contribution in [0.5, 0.6) is 0 Å². The summed E-state index contributed by atoms with van der Waals surface area (Å²) in [6.07, 6.45) is 1.67. The number of nitrogens with zero attached hydrogens (tertiary/aromatic N) is 1. The van der Waals surface area contributed by atoms with Crippen LogP contribution in [0.25, 0.3) is 33.3 Å². The molecule has 4 aromatic rings. The molecule has 108 valence electrons. The van der Waals surface area contributed by atoms with Crippen LogP contribution in [0.3, 0.4) is 0 Å². The molecule has 0 aliphatic heterocycles. The monoisotopic (exact) mass is 290 g/mol. The lowest BCUT2D eigenvalue weighted by molar-refractivity contribution is 0.617. The Morgan fingerprint density at radius 3 is 2.82 bits per heavy atom. The smallest absolute Gasteiger partial charge is 0.191 e. The first-order chi connectivity index (χ1) is 10.6. The number of furan rings is 1. The first-order valence-corrected chi connectivity index (χ1v) is 7.11. The zero-order valence-electron chi connectivity index (χ0n) is 12.3. The van der Waals surface area contributed by atoms with Crippen LogP contribution in [-0.4, -0.2) is 9.97 Å². The normalized spacial score (nSPS) is 11.4. The van der Waals surface area contributed by atoms with Crippen molar-refractivity contribution in [3.63, 3.8) is 0 Å². The number of H-pyrrole nitrogens is 1. The zero-order valence-corrected chi connectivity index (χ0v) is 12.3. The van der Waals surface area contributed by atoms with E-state index in [0.29, 0.717) is 11.0 Å². The van der Waals surface area contributed by atoms with Crippen LogP contribution >= 0.6 is 0 Å². The molecular weight excluding hydrogens is 276 g/mol. The molecule has 4 heteroatoms. The number of aryl methyl sites for hydroxylation is 2. The Morgan fingerprint density at radius 1 is 1.14 bits per heavy atom. The van der Waals surface area contributed by atoms with Crippen molar-refractivity contribution in [2.75, 3.05) is 0 Å². The summed E-state index contributed by atoms with van der Waals surface area (Å²) in [6, 6.07) is 11.3. The van der Waals surface area contributed by atoms with E-state index in [1.165, 1.54) is 0 Å². The van der Waals surface area contributed by atoms with Crippen LogP contribution in [0.1, 0.15) is 11.3 Å². The standard InChI is InChI=1S/C18H14N2O2/c1-10-7-11(2)19-18-17(10)15(21)8-14(20-18)13-9-22-16-6-4-3-5-12(13)16/h3-9H,1-2H3,(H,19,20,21). The summed E-state index contributed by atoms with van der Waals surface area (Å²) in [6.45, 7) is 3.85. The van der Waals surface area contributed by atoms with Gasteiger partial charge in [-0.15, -0.1) is 0 Å². The molecule has 1 N–H and O–H groups in total. The van der Waals surface area contributed by atoms with E-state index in [1.807, 2.05) is 44.2 Å². The molecule has 0 aliphatic carbocycles. The van der Waals surface area contributed by atoms with Crippen molar-refractivity contribution in [1.29, 1.82) is 0 Å². The van der Waals surface area contributed by atoms with E-state index in [2.05, 4.69) is 9.97 Å². The molecular formula is C18H14N2O2. The molecule has 0 bridgehead atoms. The average Bonchev–Trinajstić information content (AvgIpc) is 2.89. The van der Waals surface area contributed by atoms with Gasteiger partial charge in [0.05, 0.1) is 11.1 Å². The highest BCUT2D eigenvalue weighted by Crippen LogP contribution is 2.29. The highest BCUT2D eigenvalue weighted by Gasteiger charge is 2.12. The number of hydrogen-bond acceptors (Lipinski definition) is 3. The SMILES string of the molecule is Cc1cc(C)c2c(=O)cc(-c3coc4ccccc34)[nH]c2n1. The van der Waals surface area contributed by atoms with E-state index in [0.717, 1.165) is 33.5 Å². The molecule has 0 unspecified atom stereocenters. The van der Waals surface area contributed by atoms with Crippen molar-refractivity contribution in [2.45, 2.75) is 13.8 Å². The third kappa shape index (κ3) is 1.84. The molecule has 0 aliphatic rings. The fourth-order valence-corrected chi connectivity index (χ4v) is 2.94. The molecule has 0 atom stereocenters. The van der Waals surface area contributed by atoms with Gasteiger partial charge in [0.15, 0.2) is 5.43 Å². The van der Waals surface area contributed by atoms with E-state index in [9.17, 15) is 4.79 Å². The van der Waals surface area contributed by atoms with E-state index in [1.54, 1.807) is 12.3 Å². The van der Waals surface area contributed by atoms with Gasteiger partial charge in [0, 0.05) is 22.7 Å². The van der Waals surface area contributed by atoms with Gasteiger partial charge in [-0.3, -0.25) is 4.79 Å². The van der Waals surface area contributed by atoms with Gasteiger partial charge in [0.1, 0.15) is 17.5 Å². The number of aromatic amines is 1. The molecule has 0 fully saturated rings. The molecule has 0 amide bonds. The Labute approximate surface area is 126 Å². The van der Waals surface area contributed by atoms with Crippen molar-refractivity contribution in [3.8, 4) is 11.3 Å². The molecule has 4 nitrogen and oxygen atoms in total. The number of nitrogens with one attached hydrogen (secondary N) is 1. The van der Waals surface area contributed by atoms with E-state index < -0.39 is 0 Å². The quantitative estimate of drug-likeness (QED) is 0.577. The molecule has 1 aromatic carbocycles. The highest BCUT2D eigenvalue weighted by molar-refractivity contribution is 5.94. The zero-order chi connectivity index (χ0) is 15.3. The maximum atomic E-state index is 12.5. The van der Waals surface area contributed by atoms with Crippen LogP contribution in [0.2, 0.25) is 0 Å². The van der Waals surface area contributed by atoms with Crippen molar-refractivity contribution in [2.24, 2.45) is 0 Å². The topological polar surface area (TPSA) is 58.9 Å². The van der Waals surface area contributed by atoms with Gasteiger partial charge in [-0.05, 0) is 31.5 Å². The summed E-state index contributed by atoms with van der Waals surface area (Å²) in [5.74, 6) is 0. The number of para-hydroxylation sites is 1. The minimum absolute atomic E-state index is 0.0287. The lowest BCUT2D eigenvalue weighted by atomic mass is 10.1. The predicted molar refractivity (Wildman–Crippen MR) is 87.0 cm³/mol. The second-order valence-corrected chi connectivity index (χ2v) is 5.50. The molecule has 3 aromatic heterocycles. The fourth-order valence-electron chi connectivity index (χ4n) is 2.94. The molecule has 22 heavy (non-hydrogen) atoms. The Morgan fingerprint density at radius 2 is 1.95 bits per heavy atom. The number of fused-ring (bicyclic) bond motifs is 2. The first-order valence-electron chi connectivity index (χ1n) is 7.11. The molecule has 0 spiro atoms. The highest BCUT2D eigenvalue weighted by atomic mass is 16.3. The number of pyridine rings is 2. The lowest BCUT2D eigenvalue weighted by Crippen LogP contribution is -2.06. The van der Waals surface area contributed by atoms with Gasteiger partial charge in [-0.1, -0.05) is 18.2 Å². The second kappa shape index (κ2) is 4.56. The summed E-state index contributed by atoms with van der Waals surface area (Å²) < 4.78 is 5.56. The minimum Gasteiger partial charge on any atom is -0.464 e. The molecule has 0 saturated heterocycles. The summed E-state index contributed by atoms with van der Waals surface area (Å²) in [4.78, 5) is 20.2. The van der Waals surface area contributed by atoms with E-state index in [-0.39, 0.29) is 5.43 Å². The number of rotatable bonds is 1. The maximum absolute atomic E-state index is 12.5. The van der Waals surface area contributed by atoms with Crippen LogP contribution < -0.4 is 5.43 Å². The Bertz CT molecular complexity index is 1070. The van der Waals surface area contributed by atoms with Crippen molar-refractivity contribution < 1.29 is 4.42 Å². The van der Waals surface area contributed by atoms with Crippen LogP contribution in [0.15, 0.2) is 51.9 Å². The van der Waals surface area contributed by atoms with E-state index in [4.69, 9.17) is 4.42 Å². The molecule has 3 heterocycles. The Balaban J connectivity index is 2.06. The predicted octanol–water partition coefficient (Wildman–Crippen LogP) is 3.95. The van der Waals surface area contributed by atoms with Crippen LogP contribution in [0, 0.1) is 13.8 Å². The molecule has 0 radical (unpaired) electrons. The Hall–Kier alpha value is -2.88. The first kappa shape index (κ1) is 12.8. The average molecular weight is 290 g/mol.